The Hall–Kier alpha value is -6.56. The number of ether oxygens (including phenoxy) is 1. The lowest BCUT2D eigenvalue weighted by atomic mass is 9.97. The van der Waals surface area contributed by atoms with Crippen LogP contribution in [0.25, 0.3) is 47.7 Å². The fourth-order valence-electron chi connectivity index (χ4n) is 8.49. The van der Waals surface area contributed by atoms with Gasteiger partial charge in [0, 0.05) is 82.3 Å². The standard InChI is InChI=1S/C43H37FN12O2S2/c1-21-17-45-39-36-26-4-10-34-54-28(26)6-8-29(36)59-41(39)38(51-21)22(13-23-15-35(50-19-47-23)56(34)11-12-58-2)14-24-18-46-40-37-25-3-9-32(55-33-16-31(44)48-20-49-33)53-27(25)5-7-30(37)60-42(40)43(57)52-24/h3-10,15-16,19-21,24,45-46,51H,11-14,17-18H2,1-2H3,(H,52,57)(H,48,49,53,55)/b38-22+/t21-,24-/m1/s1. The lowest BCUT2D eigenvalue weighted by Gasteiger charge is -2.25. The first-order valence-corrected chi connectivity index (χ1v) is 21.3. The molecule has 2 atom stereocenters. The zero-order valence-corrected chi connectivity index (χ0v) is 34.1. The van der Waals surface area contributed by atoms with Crippen molar-refractivity contribution in [3.8, 4) is 0 Å². The van der Waals surface area contributed by atoms with Crippen molar-refractivity contribution in [1.82, 2.24) is 40.5 Å². The maximum Gasteiger partial charge on any atom is 0.263 e. The Morgan fingerprint density at radius 1 is 0.817 bits per heavy atom. The Morgan fingerprint density at radius 2 is 1.57 bits per heavy atom. The van der Waals surface area contributed by atoms with Gasteiger partial charge >= 0.3 is 0 Å². The summed E-state index contributed by atoms with van der Waals surface area (Å²) in [6.45, 7) is 4.46. The van der Waals surface area contributed by atoms with Crippen LogP contribution in [-0.4, -0.2) is 81.2 Å². The van der Waals surface area contributed by atoms with E-state index in [-0.39, 0.29) is 18.0 Å². The molecule has 14 nitrogen and oxygen atoms in total. The fraction of sp³-hybridized carbons (Fsp3) is 0.233. The van der Waals surface area contributed by atoms with Crippen molar-refractivity contribution in [3.63, 3.8) is 0 Å². The summed E-state index contributed by atoms with van der Waals surface area (Å²) in [5, 5.41) is 21.9. The van der Waals surface area contributed by atoms with Gasteiger partial charge in [-0.15, -0.1) is 22.7 Å². The number of carbonyl (C=O) groups is 1. The second-order valence-corrected chi connectivity index (χ2v) is 17.3. The topological polar surface area (TPSA) is 167 Å². The van der Waals surface area contributed by atoms with Gasteiger partial charge in [0.1, 0.15) is 40.8 Å². The van der Waals surface area contributed by atoms with Crippen molar-refractivity contribution < 1.29 is 13.9 Å². The smallest absolute Gasteiger partial charge is 0.263 e. The van der Waals surface area contributed by atoms with Crippen molar-refractivity contribution >= 4 is 111 Å². The molecule has 4 aliphatic heterocycles. The monoisotopic (exact) mass is 836 g/mol. The van der Waals surface area contributed by atoms with E-state index in [1.54, 1.807) is 24.8 Å². The number of benzene rings is 2. The third-order valence-corrected chi connectivity index (χ3v) is 13.5. The first-order chi connectivity index (χ1) is 29.4. The molecule has 0 saturated carbocycles. The highest BCUT2D eigenvalue weighted by atomic mass is 32.1. The number of nitrogens with zero attached hydrogens (tertiary/aromatic N) is 7. The zero-order chi connectivity index (χ0) is 40.5. The van der Waals surface area contributed by atoms with Gasteiger partial charge in [0.15, 0.2) is 0 Å². The number of hydrogen-bond donors (Lipinski definition) is 5. The Kier molecular flexibility index (Phi) is 8.89. The molecular formula is C43H37FN12O2S2. The molecule has 1 amide bonds. The summed E-state index contributed by atoms with van der Waals surface area (Å²) in [4.78, 5) is 45.2. The molecule has 5 N–H and O–H groups in total. The van der Waals surface area contributed by atoms with Crippen molar-refractivity contribution in [3.05, 3.63) is 100 Å². The third-order valence-electron chi connectivity index (χ3n) is 11.2. The quantitative estimate of drug-likeness (QED) is 0.0991. The largest absolute Gasteiger partial charge is 0.383 e. The molecule has 12 rings (SSSR count). The summed E-state index contributed by atoms with van der Waals surface area (Å²) in [6, 6.07) is 19.4. The Balaban J connectivity index is 0.991. The molecule has 0 aliphatic carbocycles. The van der Waals surface area contributed by atoms with Gasteiger partial charge in [-0.05, 0) is 67.4 Å². The van der Waals surface area contributed by atoms with Crippen LogP contribution in [0.4, 0.5) is 39.0 Å². The number of rotatable bonds is 7. The summed E-state index contributed by atoms with van der Waals surface area (Å²) in [5.41, 5.74) is 6.56. The molecule has 9 bridgehead atoms. The Bertz CT molecular complexity index is 3080. The van der Waals surface area contributed by atoms with Crippen LogP contribution in [0.1, 0.15) is 33.6 Å². The van der Waals surface area contributed by atoms with Crippen LogP contribution in [0.3, 0.4) is 0 Å². The van der Waals surface area contributed by atoms with E-state index in [0.29, 0.717) is 49.1 Å². The first-order valence-electron chi connectivity index (χ1n) is 19.7. The maximum absolute atomic E-state index is 14.3. The highest BCUT2D eigenvalue weighted by Gasteiger charge is 2.31. The summed E-state index contributed by atoms with van der Waals surface area (Å²) in [5.74, 6) is 1.58. The highest BCUT2D eigenvalue weighted by molar-refractivity contribution is 7.22. The number of carbonyl (C=O) groups excluding carboxylic acids is 1. The van der Waals surface area contributed by atoms with Crippen LogP contribution in [0.2, 0.25) is 0 Å². The molecule has 0 unspecified atom stereocenters. The summed E-state index contributed by atoms with van der Waals surface area (Å²) >= 11 is 3.23. The van der Waals surface area contributed by atoms with Gasteiger partial charge in [0.05, 0.1) is 51.3 Å². The van der Waals surface area contributed by atoms with Crippen molar-refractivity contribution in [2.45, 2.75) is 31.8 Å². The lowest BCUT2D eigenvalue weighted by molar-refractivity contribution is 0.0946. The van der Waals surface area contributed by atoms with Gasteiger partial charge in [0.25, 0.3) is 5.91 Å². The molecule has 0 radical (unpaired) electrons. The van der Waals surface area contributed by atoms with E-state index in [4.69, 9.17) is 24.7 Å². The van der Waals surface area contributed by atoms with Crippen LogP contribution in [0.15, 0.2) is 78.9 Å². The molecular weight excluding hydrogens is 800 g/mol. The molecule has 6 aromatic heterocycles. The van der Waals surface area contributed by atoms with Crippen molar-refractivity contribution in [2.75, 3.05) is 54.2 Å². The molecule has 0 spiro atoms. The second-order valence-electron chi connectivity index (χ2n) is 15.2. The predicted molar refractivity (Wildman–Crippen MR) is 237 cm³/mol. The van der Waals surface area contributed by atoms with Crippen LogP contribution >= 0.6 is 22.7 Å². The maximum atomic E-state index is 14.3. The SMILES string of the molecule is COCCN1c2cc(ncn2)C/C(C[C@@H]2CNc3c(sc4ccc5nc(Nc6cc(F)ncn6)ccc5c34)C(=O)N2)=C2\N[C@H](C)CNc3c2sc2ccc4nc1ccc4c32. The molecule has 0 fully saturated rings. The molecule has 300 valence electrons. The van der Waals surface area contributed by atoms with Gasteiger partial charge < -0.3 is 36.2 Å². The lowest BCUT2D eigenvalue weighted by Crippen LogP contribution is -2.38. The van der Waals surface area contributed by atoms with Crippen molar-refractivity contribution in [2.24, 2.45) is 0 Å². The first kappa shape index (κ1) is 36.5. The van der Waals surface area contributed by atoms with E-state index >= 15 is 0 Å². The number of aromatic nitrogens is 6. The second kappa shape index (κ2) is 14.6. The third kappa shape index (κ3) is 6.36. The number of nitrogens with one attached hydrogen (secondary N) is 5. The number of methoxy groups -OCH3 is 1. The molecule has 60 heavy (non-hydrogen) atoms. The van der Waals surface area contributed by atoms with Gasteiger partial charge in [0.2, 0.25) is 5.95 Å². The van der Waals surface area contributed by atoms with E-state index in [1.807, 2.05) is 30.3 Å². The normalized spacial score (nSPS) is 18.6. The number of fused-ring (bicyclic) bond motifs is 7. The Labute approximate surface area is 350 Å². The zero-order valence-electron chi connectivity index (χ0n) is 32.5. The molecule has 0 saturated heterocycles. The van der Waals surface area contributed by atoms with E-state index in [0.717, 1.165) is 95.0 Å². The average molecular weight is 837 g/mol. The minimum atomic E-state index is -0.633. The number of amides is 1. The van der Waals surface area contributed by atoms with E-state index in [9.17, 15) is 9.18 Å². The van der Waals surface area contributed by atoms with Gasteiger partial charge in [-0.25, -0.2) is 29.9 Å². The number of thiophene rings is 2. The van der Waals surface area contributed by atoms with E-state index in [2.05, 4.69) is 72.6 Å². The predicted octanol–water partition coefficient (Wildman–Crippen LogP) is 7.74. The summed E-state index contributed by atoms with van der Waals surface area (Å²) in [6.07, 6.45) is 3.87. The van der Waals surface area contributed by atoms with Gasteiger partial charge in [-0.3, -0.25) is 4.79 Å². The van der Waals surface area contributed by atoms with E-state index < -0.39 is 5.95 Å². The molecule has 8 aromatic rings. The number of anilines is 6. The van der Waals surface area contributed by atoms with Crippen LogP contribution in [0.5, 0.6) is 0 Å². The minimum absolute atomic E-state index is 0.116. The summed E-state index contributed by atoms with van der Waals surface area (Å²) < 4.78 is 21.4. The van der Waals surface area contributed by atoms with Crippen LogP contribution in [-0.2, 0) is 11.2 Å². The molecule has 17 heteroatoms. The molecule has 2 aromatic carbocycles. The fourth-order valence-corrected chi connectivity index (χ4v) is 10.8. The van der Waals surface area contributed by atoms with Gasteiger partial charge in [-0.1, -0.05) is 0 Å². The molecule has 10 heterocycles. The van der Waals surface area contributed by atoms with Gasteiger partial charge in [-0.2, -0.15) is 4.39 Å². The minimum Gasteiger partial charge on any atom is -0.383 e. The highest BCUT2D eigenvalue weighted by Crippen LogP contribution is 2.46. The number of hydrogen-bond acceptors (Lipinski definition) is 15. The summed E-state index contributed by atoms with van der Waals surface area (Å²) in [7, 11) is 1.70. The van der Waals surface area contributed by atoms with Crippen LogP contribution < -0.4 is 31.5 Å². The molecule has 4 aliphatic rings. The Morgan fingerprint density at radius 3 is 2.38 bits per heavy atom. The number of pyridine rings is 2. The van der Waals surface area contributed by atoms with Crippen LogP contribution in [0, 0.1) is 5.95 Å². The van der Waals surface area contributed by atoms with Crippen molar-refractivity contribution in [1.29, 1.82) is 0 Å². The average Bonchev–Trinajstić information content (AvgIpc) is 3.72. The number of halogens is 1. The van der Waals surface area contributed by atoms with E-state index in [1.165, 1.54) is 22.1 Å².